The number of benzene rings is 1. The number of anilines is 1. The molecular weight excluding hydrogens is 235 g/mol. The molecule has 0 radical (unpaired) electrons. The summed E-state index contributed by atoms with van der Waals surface area (Å²) in [5, 5.41) is 2.57. The second-order valence-electron chi connectivity index (χ2n) is 3.33. The number of carbonyl (C=O) groups excluding carboxylic acids is 1. The Bertz CT molecular complexity index is 373. The van der Waals surface area contributed by atoms with Gasteiger partial charge < -0.3 is 10.1 Å². The summed E-state index contributed by atoms with van der Waals surface area (Å²) in [6, 6.07) is 5.71. The van der Waals surface area contributed by atoms with Crippen LogP contribution in [0.3, 0.4) is 0 Å². The summed E-state index contributed by atoms with van der Waals surface area (Å²) in [5.74, 6) is -0.0502. The topological polar surface area (TPSA) is 38.3 Å². The van der Waals surface area contributed by atoms with Crippen molar-refractivity contribution in [3.8, 4) is 5.75 Å². The third-order valence-corrected chi connectivity index (χ3v) is 1.86. The first kappa shape index (κ1) is 13.3. The zero-order valence-corrected chi connectivity index (χ0v) is 9.17. The van der Waals surface area contributed by atoms with Gasteiger partial charge in [0.05, 0.1) is 0 Å². The minimum absolute atomic E-state index is 0.108. The largest absolute Gasteiger partial charge is 0.484 e. The number of alkyl halides is 3. The summed E-state index contributed by atoms with van der Waals surface area (Å²) >= 11 is 0. The van der Waals surface area contributed by atoms with Gasteiger partial charge in [0.15, 0.2) is 6.61 Å². The number of nitrogens with one attached hydrogen (secondary N) is 1. The van der Waals surface area contributed by atoms with Gasteiger partial charge in [0.25, 0.3) is 0 Å². The van der Waals surface area contributed by atoms with Crippen molar-refractivity contribution in [2.75, 3.05) is 11.9 Å². The standard InChI is InChI=1S/C11H12F3NO2/c1-2-10(16)15-8-3-5-9(6-4-8)17-7-11(12,13)14/h3-6H,2,7H2,1H3,(H,15,16). The maximum Gasteiger partial charge on any atom is 0.422 e. The molecule has 0 aliphatic heterocycles. The molecule has 1 amide bonds. The smallest absolute Gasteiger partial charge is 0.422 e. The Kier molecular flexibility index (Phi) is 4.37. The highest BCUT2D eigenvalue weighted by atomic mass is 19.4. The van der Waals surface area contributed by atoms with Crippen molar-refractivity contribution in [3.05, 3.63) is 24.3 Å². The van der Waals surface area contributed by atoms with E-state index in [-0.39, 0.29) is 11.7 Å². The van der Waals surface area contributed by atoms with E-state index in [0.717, 1.165) is 0 Å². The minimum atomic E-state index is -4.35. The molecule has 0 saturated heterocycles. The molecule has 6 heteroatoms. The third kappa shape index (κ3) is 5.24. The van der Waals surface area contributed by atoms with Crippen LogP contribution in [0.4, 0.5) is 18.9 Å². The number of rotatable bonds is 4. The van der Waals surface area contributed by atoms with Gasteiger partial charge in [-0.05, 0) is 24.3 Å². The Labute approximate surface area is 96.6 Å². The highest BCUT2D eigenvalue weighted by Crippen LogP contribution is 2.20. The summed E-state index contributed by atoms with van der Waals surface area (Å²) < 4.78 is 40.1. The van der Waals surface area contributed by atoms with Crippen LogP contribution in [-0.2, 0) is 4.79 Å². The number of hydrogen-bond donors (Lipinski definition) is 1. The monoisotopic (exact) mass is 247 g/mol. The van der Waals surface area contributed by atoms with E-state index in [0.29, 0.717) is 12.1 Å². The molecule has 17 heavy (non-hydrogen) atoms. The van der Waals surface area contributed by atoms with Crippen LogP contribution >= 0.6 is 0 Å². The first-order valence-corrected chi connectivity index (χ1v) is 5.00. The molecule has 0 aromatic heterocycles. The van der Waals surface area contributed by atoms with Crippen LogP contribution in [0.1, 0.15) is 13.3 Å². The number of amides is 1. The van der Waals surface area contributed by atoms with Gasteiger partial charge in [0.2, 0.25) is 5.91 Å². The molecule has 0 fully saturated rings. The molecule has 0 heterocycles. The second-order valence-corrected chi connectivity index (χ2v) is 3.33. The lowest BCUT2D eigenvalue weighted by atomic mass is 10.3. The molecular formula is C11H12F3NO2. The van der Waals surface area contributed by atoms with E-state index in [1.54, 1.807) is 6.92 Å². The van der Waals surface area contributed by atoms with Gasteiger partial charge in [-0.2, -0.15) is 13.2 Å². The third-order valence-electron chi connectivity index (χ3n) is 1.86. The lowest BCUT2D eigenvalue weighted by molar-refractivity contribution is -0.153. The van der Waals surface area contributed by atoms with E-state index in [9.17, 15) is 18.0 Å². The Morgan fingerprint density at radius 3 is 2.35 bits per heavy atom. The van der Waals surface area contributed by atoms with Crippen LogP contribution in [0, 0.1) is 0 Å². The molecule has 0 bridgehead atoms. The van der Waals surface area contributed by atoms with Crippen LogP contribution in [0.5, 0.6) is 5.75 Å². The summed E-state index contributed by atoms with van der Waals surface area (Å²) in [4.78, 5) is 11.0. The van der Waals surface area contributed by atoms with Crippen LogP contribution in [0.25, 0.3) is 0 Å². The van der Waals surface area contributed by atoms with Gasteiger partial charge >= 0.3 is 6.18 Å². The fraction of sp³-hybridized carbons (Fsp3) is 0.364. The molecule has 94 valence electrons. The molecule has 0 aliphatic rings. The molecule has 1 rings (SSSR count). The average molecular weight is 247 g/mol. The van der Waals surface area contributed by atoms with Gasteiger partial charge in [-0.25, -0.2) is 0 Å². The van der Waals surface area contributed by atoms with Gasteiger partial charge in [-0.15, -0.1) is 0 Å². The van der Waals surface area contributed by atoms with Crippen LogP contribution in [0.15, 0.2) is 24.3 Å². The lowest BCUT2D eigenvalue weighted by Crippen LogP contribution is -2.19. The normalized spacial score (nSPS) is 11.1. The Hall–Kier alpha value is -1.72. The molecule has 0 spiro atoms. The molecule has 0 atom stereocenters. The van der Waals surface area contributed by atoms with E-state index in [4.69, 9.17) is 0 Å². The molecule has 1 aromatic rings. The predicted octanol–water partition coefficient (Wildman–Crippen LogP) is 2.98. The summed E-state index contributed by atoms with van der Waals surface area (Å²) in [7, 11) is 0. The number of halogens is 3. The molecule has 1 N–H and O–H groups in total. The Morgan fingerprint density at radius 2 is 1.88 bits per heavy atom. The molecule has 3 nitrogen and oxygen atoms in total. The van der Waals surface area contributed by atoms with Crippen LogP contribution in [-0.4, -0.2) is 18.7 Å². The first-order chi connectivity index (χ1) is 7.90. The van der Waals surface area contributed by atoms with Crippen molar-refractivity contribution < 1.29 is 22.7 Å². The second kappa shape index (κ2) is 5.56. The fourth-order valence-corrected chi connectivity index (χ4v) is 1.05. The van der Waals surface area contributed by atoms with Gasteiger partial charge in [0, 0.05) is 12.1 Å². The van der Waals surface area contributed by atoms with E-state index < -0.39 is 12.8 Å². The SMILES string of the molecule is CCC(=O)Nc1ccc(OCC(F)(F)F)cc1. The number of ether oxygens (including phenoxy) is 1. The Balaban J connectivity index is 2.53. The molecule has 1 aromatic carbocycles. The molecule has 0 unspecified atom stereocenters. The molecule has 0 saturated carbocycles. The average Bonchev–Trinajstić information content (AvgIpc) is 2.27. The van der Waals surface area contributed by atoms with Crippen molar-refractivity contribution in [2.24, 2.45) is 0 Å². The van der Waals surface area contributed by atoms with E-state index >= 15 is 0 Å². The van der Waals surface area contributed by atoms with Crippen molar-refractivity contribution in [3.63, 3.8) is 0 Å². The maximum atomic E-state index is 11.9. The number of hydrogen-bond acceptors (Lipinski definition) is 2. The summed E-state index contributed by atoms with van der Waals surface area (Å²) in [5.41, 5.74) is 0.524. The lowest BCUT2D eigenvalue weighted by Gasteiger charge is -2.09. The van der Waals surface area contributed by atoms with Crippen LogP contribution < -0.4 is 10.1 Å². The van der Waals surface area contributed by atoms with Crippen molar-refractivity contribution in [2.45, 2.75) is 19.5 Å². The molecule has 0 aliphatic carbocycles. The quantitative estimate of drug-likeness (QED) is 0.888. The zero-order chi connectivity index (χ0) is 12.9. The summed E-state index contributed by atoms with van der Waals surface area (Å²) in [6.45, 7) is 0.379. The number of carbonyl (C=O) groups is 1. The van der Waals surface area contributed by atoms with E-state index in [2.05, 4.69) is 10.1 Å². The van der Waals surface area contributed by atoms with E-state index in [1.165, 1.54) is 24.3 Å². The first-order valence-electron chi connectivity index (χ1n) is 5.00. The zero-order valence-electron chi connectivity index (χ0n) is 9.17. The Morgan fingerprint density at radius 1 is 1.29 bits per heavy atom. The highest BCUT2D eigenvalue weighted by molar-refractivity contribution is 5.90. The van der Waals surface area contributed by atoms with Gasteiger partial charge in [0.1, 0.15) is 5.75 Å². The van der Waals surface area contributed by atoms with E-state index in [1.807, 2.05) is 0 Å². The predicted molar refractivity (Wildman–Crippen MR) is 56.9 cm³/mol. The summed E-state index contributed by atoms with van der Waals surface area (Å²) in [6.07, 6.45) is -4.01. The van der Waals surface area contributed by atoms with Crippen molar-refractivity contribution in [1.29, 1.82) is 0 Å². The van der Waals surface area contributed by atoms with Crippen LogP contribution in [0.2, 0.25) is 0 Å². The van der Waals surface area contributed by atoms with Crippen molar-refractivity contribution in [1.82, 2.24) is 0 Å². The van der Waals surface area contributed by atoms with Crippen molar-refractivity contribution >= 4 is 11.6 Å². The minimum Gasteiger partial charge on any atom is -0.484 e. The fourth-order valence-electron chi connectivity index (χ4n) is 1.05. The maximum absolute atomic E-state index is 11.9. The van der Waals surface area contributed by atoms with Gasteiger partial charge in [-0.1, -0.05) is 6.92 Å². The van der Waals surface area contributed by atoms with Gasteiger partial charge in [-0.3, -0.25) is 4.79 Å². The highest BCUT2D eigenvalue weighted by Gasteiger charge is 2.28.